The number of aromatic carboxylic acids is 1. The molecule has 5 nitrogen and oxygen atoms in total. The average Bonchev–Trinajstić information content (AvgIpc) is 3.23. The van der Waals surface area contributed by atoms with E-state index in [2.05, 4.69) is 10.2 Å². The number of anilines is 2. The van der Waals surface area contributed by atoms with E-state index in [1.165, 1.54) is 6.07 Å². The van der Waals surface area contributed by atoms with E-state index >= 15 is 0 Å². The number of carboxylic acid groups (broad SMARTS) is 1. The lowest BCUT2D eigenvalue weighted by molar-refractivity contribution is 0.0698. The summed E-state index contributed by atoms with van der Waals surface area (Å²) in [5.41, 5.74) is 3.12. The first-order chi connectivity index (χ1) is 13.9. The first-order valence-electron chi connectivity index (χ1n) is 9.88. The minimum atomic E-state index is -0.991. The molecule has 1 aromatic heterocycles. The van der Waals surface area contributed by atoms with Gasteiger partial charge in [-0.1, -0.05) is 18.2 Å². The Kier molecular flexibility index (Phi) is 5.09. The molecule has 1 aliphatic heterocycles. The Bertz CT molecular complexity index is 1080. The van der Waals surface area contributed by atoms with Crippen molar-refractivity contribution in [1.29, 1.82) is 0 Å². The fraction of sp³-hybridized carbons (Fsp3) is 0.304. The highest BCUT2D eigenvalue weighted by molar-refractivity contribution is 5.94. The van der Waals surface area contributed by atoms with Crippen LogP contribution in [0.5, 0.6) is 0 Å². The summed E-state index contributed by atoms with van der Waals surface area (Å²) in [6, 6.07) is 11.9. The Morgan fingerprint density at radius 3 is 2.66 bits per heavy atom. The molecular weight excluding hydrogens is 369 g/mol. The monoisotopic (exact) mass is 393 g/mol. The zero-order valence-electron chi connectivity index (χ0n) is 16.6. The third-order valence-corrected chi connectivity index (χ3v) is 5.45. The number of aryl methyl sites for hydroxylation is 1. The molecule has 0 unspecified atom stereocenters. The zero-order chi connectivity index (χ0) is 20.5. The normalized spacial score (nSPS) is 14.9. The van der Waals surface area contributed by atoms with Gasteiger partial charge in [-0.05, 0) is 50.5 Å². The second kappa shape index (κ2) is 7.70. The molecule has 3 aromatic rings. The van der Waals surface area contributed by atoms with Crippen molar-refractivity contribution in [1.82, 2.24) is 4.98 Å². The number of carbonyl (C=O) groups is 1. The minimum Gasteiger partial charge on any atom is -0.478 e. The number of halogens is 1. The molecule has 0 amide bonds. The standard InChI is InChI=1S/C23H24FN3O2/c1-14-11-17(15(2)25-20-8-4-3-7-16(20)23(28)29)22-18(12-14)19(24)13-21(26-22)27-9-5-6-10-27/h3-4,7-8,11-13,15,25H,5-6,9-10H2,1-2H3,(H,28,29)/t15-/m0/s1. The maximum absolute atomic E-state index is 15.0. The molecular formula is C23H24FN3O2. The summed E-state index contributed by atoms with van der Waals surface area (Å²) in [6.45, 7) is 5.64. The van der Waals surface area contributed by atoms with Crippen molar-refractivity contribution >= 4 is 28.4 Å². The Hall–Kier alpha value is -3.15. The Balaban J connectivity index is 1.79. The topological polar surface area (TPSA) is 65.5 Å². The molecule has 2 N–H and O–H groups in total. The van der Waals surface area contributed by atoms with Crippen LogP contribution in [-0.2, 0) is 0 Å². The van der Waals surface area contributed by atoms with Crippen LogP contribution in [0.25, 0.3) is 10.9 Å². The lowest BCUT2D eigenvalue weighted by Gasteiger charge is -2.22. The van der Waals surface area contributed by atoms with E-state index in [-0.39, 0.29) is 17.4 Å². The molecule has 2 aromatic carbocycles. The van der Waals surface area contributed by atoms with Crippen LogP contribution < -0.4 is 10.2 Å². The second-order valence-electron chi connectivity index (χ2n) is 7.62. The third kappa shape index (κ3) is 3.75. The largest absolute Gasteiger partial charge is 0.478 e. The molecule has 4 rings (SSSR count). The van der Waals surface area contributed by atoms with Crippen LogP contribution in [0.15, 0.2) is 42.5 Å². The lowest BCUT2D eigenvalue weighted by Crippen LogP contribution is -2.19. The molecule has 0 spiro atoms. The number of para-hydroxylation sites is 1. The van der Waals surface area contributed by atoms with Crippen LogP contribution in [0.4, 0.5) is 15.9 Å². The summed E-state index contributed by atoms with van der Waals surface area (Å²) in [4.78, 5) is 18.5. The van der Waals surface area contributed by atoms with Gasteiger partial charge in [0, 0.05) is 35.8 Å². The number of benzene rings is 2. The van der Waals surface area contributed by atoms with Crippen LogP contribution in [0, 0.1) is 12.7 Å². The van der Waals surface area contributed by atoms with E-state index in [9.17, 15) is 14.3 Å². The smallest absolute Gasteiger partial charge is 0.337 e. The second-order valence-corrected chi connectivity index (χ2v) is 7.62. The molecule has 0 aliphatic carbocycles. The average molecular weight is 393 g/mol. The summed E-state index contributed by atoms with van der Waals surface area (Å²) >= 11 is 0. The number of aromatic nitrogens is 1. The van der Waals surface area contributed by atoms with E-state index < -0.39 is 5.97 Å². The summed E-state index contributed by atoms with van der Waals surface area (Å²) in [6.07, 6.45) is 2.18. The van der Waals surface area contributed by atoms with Gasteiger partial charge in [0.2, 0.25) is 0 Å². The predicted octanol–water partition coefficient (Wildman–Crippen LogP) is 5.15. The van der Waals surface area contributed by atoms with Crippen LogP contribution in [0.3, 0.4) is 0 Å². The number of pyridine rings is 1. The number of rotatable bonds is 5. The number of hydrogen-bond donors (Lipinski definition) is 2. The Morgan fingerprint density at radius 1 is 1.21 bits per heavy atom. The summed E-state index contributed by atoms with van der Waals surface area (Å²) in [5, 5.41) is 13.2. The highest BCUT2D eigenvalue weighted by atomic mass is 19.1. The van der Waals surface area contributed by atoms with Crippen molar-refractivity contribution in [3.8, 4) is 0 Å². The molecule has 29 heavy (non-hydrogen) atoms. The van der Waals surface area contributed by atoms with Crippen LogP contribution >= 0.6 is 0 Å². The molecule has 0 bridgehead atoms. The Labute approximate surface area is 169 Å². The van der Waals surface area contributed by atoms with E-state index in [0.717, 1.165) is 37.1 Å². The van der Waals surface area contributed by atoms with Crippen LogP contribution in [0.1, 0.15) is 47.3 Å². The summed E-state index contributed by atoms with van der Waals surface area (Å²) in [5.74, 6) is -0.606. The van der Waals surface area contributed by atoms with E-state index in [4.69, 9.17) is 4.98 Å². The van der Waals surface area contributed by atoms with Gasteiger partial charge in [-0.2, -0.15) is 0 Å². The fourth-order valence-electron chi connectivity index (χ4n) is 4.00. The Morgan fingerprint density at radius 2 is 1.93 bits per heavy atom. The zero-order valence-corrected chi connectivity index (χ0v) is 16.6. The molecule has 1 saturated heterocycles. The quantitative estimate of drug-likeness (QED) is 0.627. The molecule has 0 saturated carbocycles. The SMILES string of the molecule is Cc1cc([C@H](C)Nc2ccccc2C(=O)O)c2nc(N3CCCC3)cc(F)c2c1. The number of nitrogens with zero attached hydrogens (tertiary/aromatic N) is 2. The minimum absolute atomic E-state index is 0.202. The van der Waals surface area contributed by atoms with Gasteiger partial charge in [0.05, 0.1) is 17.1 Å². The number of carboxylic acids is 1. The van der Waals surface area contributed by atoms with Gasteiger partial charge >= 0.3 is 5.97 Å². The van der Waals surface area contributed by atoms with E-state index in [1.807, 2.05) is 26.0 Å². The van der Waals surface area contributed by atoms with Gasteiger partial charge in [-0.3, -0.25) is 0 Å². The van der Waals surface area contributed by atoms with Crippen LogP contribution in [-0.4, -0.2) is 29.1 Å². The van der Waals surface area contributed by atoms with Crippen molar-refractivity contribution in [2.75, 3.05) is 23.3 Å². The van der Waals surface area contributed by atoms with Crippen molar-refractivity contribution in [3.63, 3.8) is 0 Å². The third-order valence-electron chi connectivity index (χ3n) is 5.45. The number of nitrogens with one attached hydrogen (secondary N) is 1. The maximum Gasteiger partial charge on any atom is 0.337 e. The molecule has 1 fully saturated rings. The van der Waals surface area contributed by atoms with Gasteiger partial charge in [0.15, 0.2) is 0 Å². The van der Waals surface area contributed by atoms with Gasteiger partial charge in [-0.15, -0.1) is 0 Å². The van der Waals surface area contributed by atoms with Gasteiger partial charge < -0.3 is 15.3 Å². The fourth-order valence-corrected chi connectivity index (χ4v) is 4.00. The summed E-state index contributed by atoms with van der Waals surface area (Å²) in [7, 11) is 0. The van der Waals surface area contributed by atoms with Gasteiger partial charge in [-0.25, -0.2) is 14.2 Å². The van der Waals surface area contributed by atoms with Crippen molar-refractivity contribution in [2.45, 2.75) is 32.7 Å². The van der Waals surface area contributed by atoms with Gasteiger partial charge in [0.25, 0.3) is 0 Å². The molecule has 150 valence electrons. The first-order valence-corrected chi connectivity index (χ1v) is 9.88. The molecule has 2 heterocycles. The maximum atomic E-state index is 15.0. The summed E-state index contributed by atoms with van der Waals surface area (Å²) < 4.78 is 15.0. The van der Waals surface area contributed by atoms with Crippen molar-refractivity contribution in [2.24, 2.45) is 0 Å². The first kappa shape index (κ1) is 19.2. The number of hydrogen-bond acceptors (Lipinski definition) is 4. The van der Waals surface area contributed by atoms with Gasteiger partial charge in [0.1, 0.15) is 11.6 Å². The molecule has 6 heteroatoms. The van der Waals surface area contributed by atoms with E-state index in [1.54, 1.807) is 24.3 Å². The predicted molar refractivity (Wildman–Crippen MR) is 113 cm³/mol. The number of fused-ring (bicyclic) bond motifs is 1. The van der Waals surface area contributed by atoms with E-state index in [0.29, 0.717) is 22.4 Å². The van der Waals surface area contributed by atoms with Crippen LogP contribution in [0.2, 0.25) is 0 Å². The lowest BCUT2D eigenvalue weighted by atomic mass is 9.99. The molecule has 0 radical (unpaired) electrons. The van der Waals surface area contributed by atoms with Crippen molar-refractivity contribution < 1.29 is 14.3 Å². The highest BCUT2D eigenvalue weighted by Crippen LogP contribution is 2.32. The molecule has 1 atom stereocenters. The van der Waals surface area contributed by atoms with Crippen molar-refractivity contribution in [3.05, 3.63) is 65.0 Å². The highest BCUT2D eigenvalue weighted by Gasteiger charge is 2.20. The molecule has 1 aliphatic rings.